The summed E-state index contributed by atoms with van der Waals surface area (Å²) in [6.07, 6.45) is 3.73. The zero-order valence-electron chi connectivity index (χ0n) is 27.9. The van der Waals surface area contributed by atoms with Crippen LogP contribution < -0.4 is 5.43 Å². The molecule has 8 N–H and O–H groups in total. The number of rotatable bonds is 7. The summed E-state index contributed by atoms with van der Waals surface area (Å²) in [6, 6.07) is 12.2. The highest BCUT2D eigenvalue weighted by molar-refractivity contribution is 6.02. The van der Waals surface area contributed by atoms with Crippen LogP contribution in [0.1, 0.15) is 66.1 Å². The largest absolute Gasteiger partial charge is 0.508 e. The number of phenolic OH excluding ortho intramolecular Hbond substituents is 8. The lowest BCUT2D eigenvalue weighted by molar-refractivity contribution is 0.0877. The molecule has 1 heterocycles. The normalized spacial score (nSPS) is 17.2. The van der Waals surface area contributed by atoms with Crippen molar-refractivity contribution in [2.24, 2.45) is 5.92 Å². The van der Waals surface area contributed by atoms with Gasteiger partial charge in [-0.25, -0.2) is 0 Å². The Labute approximate surface area is 291 Å². The molecule has 0 saturated carbocycles. The van der Waals surface area contributed by atoms with Crippen molar-refractivity contribution < 1.29 is 50.1 Å². The van der Waals surface area contributed by atoms with Crippen LogP contribution in [0.3, 0.4) is 0 Å². The number of benzene rings is 4. The van der Waals surface area contributed by atoms with Crippen LogP contribution in [-0.4, -0.2) is 46.6 Å². The van der Waals surface area contributed by atoms with Crippen molar-refractivity contribution in [1.82, 2.24) is 0 Å². The zero-order valence-corrected chi connectivity index (χ0v) is 27.9. The molecule has 0 saturated heterocycles. The smallest absolute Gasteiger partial charge is 0.200 e. The van der Waals surface area contributed by atoms with Crippen LogP contribution >= 0.6 is 0 Å². The fourth-order valence-electron chi connectivity index (χ4n) is 7.00. The summed E-state index contributed by atoms with van der Waals surface area (Å²) in [5.41, 5.74) is 0.810. The lowest BCUT2D eigenvalue weighted by Gasteiger charge is -2.37. The highest BCUT2D eigenvalue weighted by atomic mass is 16.3. The molecule has 1 aliphatic carbocycles. The van der Waals surface area contributed by atoms with Gasteiger partial charge >= 0.3 is 0 Å². The highest BCUT2D eigenvalue weighted by Crippen LogP contribution is 2.53. The van der Waals surface area contributed by atoms with E-state index in [-0.39, 0.29) is 80.4 Å². The van der Waals surface area contributed by atoms with Crippen molar-refractivity contribution in [1.29, 1.82) is 0 Å². The molecule has 0 amide bonds. The van der Waals surface area contributed by atoms with E-state index in [4.69, 9.17) is 4.42 Å². The molecule has 0 spiro atoms. The predicted molar refractivity (Wildman–Crippen MR) is 189 cm³/mol. The second kappa shape index (κ2) is 13.2. The van der Waals surface area contributed by atoms with Crippen LogP contribution in [0.15, 0.2) is 93.2 Å². The van der Waals surface area contributed by atoms with Gasteiger partial charge in [-0.3, -0.25) is 9.59 Å². The molecule has 6 rings (SSSR count). The maximum Gasteiger partial charge on any atom is 0.200 e. The average Bonchev–Trinajstić information content (AvgIpc) is 3.03. The van der Waals surface area contributed by atoms with E-state index in [0.29, 0.717) is 0 Å². The van der Waals surface area contributed by atoms with Crippen LogP contribution in [0.2, 0.25) is 0 Å². The molecular formula is C40H36O11. The molecule has 11 heteroatoms. The minimum atomic E-state index is -1.21. The lowest BCUT2D eigenvalue weighted by Crippen LogP contribution is -2.32. The fourth-order valence-corrected chi connectivity index (χ4v) is 7.00. The van der Waals surface area contributed by atoms with Gasteiger partial charge in [-0.15, -0.1) is 0 Å². The van der Waals surface area contributed by atoms with E-state index in [1.54, 1.807) is 19.1 Å². The van der Waals surface area contributed by atoms with Crippen molar-refractivity contribution in [3.63, 3.8) is 0 Å². The third-order valence-electron chi connectivity index (χ3n) is 9.32. The van der Waals surface area contributed by atoms with Crippen molar-refractivity contribution >= 4 is 16.8 Å². The van der Waals surface area contributed by atoms with E-state index in [2.05, 4.69) is 0 Å². The molecule has 5 aromatic rings. The fraction of sp³-hybridized carbons (Fsp3) is 0.200. The number of Topliss-reactive ketones (excluding diaryl/α,β-unsaturated/α-hetero) is 1. The Kier molecular flexibility index (Phi) is 8.90. The maximum absolute atomic E-state index is 14.6. The van der Waals surface area contributed by atoms with E-state index in [1.807, 2.05) is 13.8 Å². The topological polar surface area (TPSA) is 209 Å². The highest BCUT2D eigenvalue weighted by Gasteiger charge is 2.43. The standard InChI is InChI=1S/C40H36O11/c1-18(2)4-8-26-38(50)36-33(48)17-32(47)35(40(36)51-39(26)25-11-7-22(43)16-31(25)46)28-13-19(3)12-27(23-9-5-20(41)14-29(23)44)34(28)37(49)24-10-6-21(42)15-30(24)45/h4-7,9-11,13-17,27-28,34,41-48H,8,12H2,1-3H3/t27-,28+,34-/m1/s1. The second-order valence-corrected chi connectivity index (χ2v) is 13.1. The van der Waals surface area contributed by atoms with Crippen molar-refractivity contribution in [3.8, 4) is 57.3 Å². The van der Waals surface area contributed by atoms with Crippen LogP contribution in [0.5, 0.6) is 46.0 Å². The molecule has 4 aromatic carbocycles. The molecule has 1 aromatic heterocycles. The summed E-state index contributed by atoms with van der Waals surface area (Å²) in [6.45, 7) is 5.44. The predicted octanol–water partition coefficient (Wildman–Crippen LogP) is 7.33. The second-order valence-electron chi connectivity index (χ2n) is 13.1. The molecular weight excluding hydrogens is 656 g/mol. The average molecular weight is 693 g/mol. The Morgan fingerprint density at radius 1 is 0.784 bits per heavy atom. The molecule has 0 unspecified atom stereocenters. The van der Waals surface area contributed by atoms with Crippen LogP contribution in [0, 0.1) is 5.92 Å². The van der Waals surface area contributed by atoms with E-state index in [9.17, 15) is 50.4 Å². The number of ketones is 1. The van der Waals surface area contributed by atoms with Gasteiger partial charge < -0.3 is 45.3 Å². The van der Waals surface area contributed by atoms with E-state index in [0.717, 1.165) is 35.4 Å². The van der Waals surface area contributed by atoms with Gasteiger partial charge in [-0.1, -0.05) is 29.4 Å². The number of aromatic hydroxyl groups is 8. The monoisotopic (exact) mass is 692 g/mol. The minimum Gasteiger partial charge on any atom is -0.508 e. The number of allylic oxidation sites excluding steroid dienone is 4. The SMILES string of the molecule is CC(C)=CCc1c(-c2ccc(O)cc2O)oc2c([C@H]3C=C(C)C[C@H](c4ccc(O)cc4O)[C@H]3C(=O)c3ccc(O)cc3O)c(O)cc(O)c2c1=O. The first-order valence-electron chi connectivity index (χ1n) is 16.1. The van der Waals surface area contributed by atoms with Crippen molar-refractivity contribution in [2.45, 2.75) is 45.4 Å². The van der Waals surface area contributed by atoms with Gasteiger partial charge in [-0.2, -0.15) is 0 Å². The summed E-state index contributed by atoms with van der Waals surface area (Å²) in [7, 11) is 0. The number of phenols is 8. The number of carbonyl (C=O) groups is 1. The van der Waals surface area contributed by atoms with Gasteiger partial charge in [0.25, 0.3) is 0 Å². The summed E-state index contributed by atoms with van der Waals surface area (Å²) >= 11 is 0. The van der Waals surface area contributed by atoms with E-state index < -0.39 is 52.0 Å². The number of hydrogen-bond donors (Lipinski definition) is 8. The molecule has 0 bridgehead atoms. The third-order valence-corrected chi connectivity index (χ3v) is 9.32. The van der Waals surface area contributed by atoms with Gasteiger partial charge in [0.05, 0.1) is 11.1 Å². The third kappa shape index (κ3) is 6.29. The van der Waals surface area contributed by atoms with Gasteiger partial charge in [0.15, 0.2) is 5.78 Å². The first kappa shape index (κ1) is 34.5. The molecule has 11 nitrogen and oxygen atoms in total. The molecule has 262 valence electrons. The first-order chi connectivity index (χ1) is 24.2. The Morgan fingerprint density at radius 3 is 2.04 bits per heavy atom. The molecule has 0 radical (unpaired) electrons. The van der Waals surface area contributed by atoms with E-state index in [1.165, 1.54) is 36.4 Å². The number of fused-ring (bicyclic) bond motifs is 1. The quantitative estimate of drug-likeness (QED) is 0.0625. The van der Waals surface area contributed by atoms with Crippen LogP contribution in [-0.2, 0) is 6.42 Å². The Morgan fingerprint density at radius 2 is 1.41 bits per heavy atom. The Balaban J connectivity index is 1.70. The summed E-state index contributed by atoms with van der Waals surface area (Å²) in [5, 5.41) is 85.2. The van der Waals surface area contributed by atoms with Crippen molar-refractivity contribution in [2.75, 3.05) is 0 Å². The summed E-state index contributed by atoms with van der Waals surface area (Å²) in [5.74, 6) is -6.99. The van der Waals surface area contributed by atoms with Gasteiger partial charge in [0.1, 0.15) is 62.7 Å². The molecule has 3 atom stereocenters. The Bertz CT molecular complexity index is 2340. The molecule has 0 fully saturated rings. The number of carbonyl (C=O) groups excluding carboxylic acids is 1. The van der Waals surface area contributed by atoms with E-state index >= 15 is 0 Å². The van der Waals surface area contributed by atoms with Gasteiger partial charge in [-0.05, 0) is 69.5 Å². The number of hydrogen-bond acceptors (Lipinski definition) is 11. The Hall–Kier alpha value is -6.36. The van der Waals surface area contributed by atoms with Gasteiger partial charge in [0, 0.05) is 53.1 Å². The molecule has 0 aliphatic heterocycles. The minimum absolute atomic E-state index is 0.0395. The molecule has 51 heavy (non-hydrogen) atoms. The molecule has 1 aliphatic rings. The van der Waals surface area contributed by atoms with Crippen LogP contribution in [0.4, 0.5) is 0 Å². The lowest BCUT2D eigenvalue weighted by atomic mass is 9.65. The van der Waals surface area contributed by atoms with Crippen molar-refractivity contribution in [3.05, 3.63) is 116 Å². The maximum atomic E-state index is 14.6. The summed E-state index contributed by atoms with van der Waals surface area (Å²) in [4.78, 5) is 29.0. The van der Waals surface area contributed by atoms with Crippen LogP contribution in [0.25, 0.3) is 22.3 Å². The first-order valence-corrected chi connectivity index (χ1v) is 16.1. The summed E-state index contributed by atoms with van der Waals surface area (Å²) < 4.78 is 6.45. The van der Waals surface area contributed by atoms with Gasteiger partial charge in [0.2, 0.25) is 5.43 Å². The zero-order chi connectivity index (χ0) is 36.9.